The molecule has 0 spiro atoms. The second-order valence-corrected chi connectivity index (χ2v) is 9.84. The van der Waals surface area contributed by atoms with Crippen LogP contribution in [-0.2, 0) is 6.42 Å². The smallest absolute Gasteiger partial charge is 0.128 e. The van der Waals surface area contributed by atoms with Crippen LogP contribution >= 0.6 is 0 Å². The summed E-state index contributed by atoms with van der Waals surface area (Å²) < 4.78 is 14.7. The fourth-order valence-electron chi connectivity index (χ4n) is 5.89. The minimum atomic E-state index is -0.0265. The Balaban J connectivity index is 1.35. The zero-order valence-electron chi connectivity index (χ0n) is 19.1. The molecule has 0 saturated carbocycles. The van der Waals surface area contributed by atoms with Crippen molar-refractivity contribution in [1.29, 1.82) is 0 Å². The topological polar surface area (TPSA) is 13.0 Å². The molecule has 166 valence electrons. The van der Waals surface area contributed by atoms with E-state index in [1.165, 1.54) is 16.8 Å². The van der Waals surface area contributed by atoms with E-state index in [0.717, 1.165) is 57.7 Å². The van der Waals surface area contributed by atoms with Crippen LogP contribution in [0.1, 0.15) is 35.1 Å². The predicted molar refractivity (Wildman–Crippen MR) is 125 cm³/mol. The van der Waals surface area contributed by atoms with Gasteiger partial charge in [-0.05, 0) is 63.3 Å². The second kappa shape index (κ2) is 8.53. The maximum Gasteiger partial charge on any atom is 0.128 e. The number of nitrogens with zero attached hydrogens (tertiary/aromatic N) is 4. The summed E-state index contributed by atoms with van der Waals surface area (Å²) in [4.78, 5) is 9.78. The Hall–Kier alpha value is -1.95. The van der Waals surface area contributed by atoms with Gasteiger partial charge in [0.1, 0.15) is 5.82 Å². The largest absolute Gasteiger partial charge is 0.369 e. The molecule has 31 heavy (non-hydrogen) atoms. The van der Waals surface area contributed by atoms with Crippen molar-refractivity contribution in [2.24, 2.45) is 0 Å². The number of anilines is 1. The normalized spacial score (nSPS) is 27.3. The van der Waals surface area contributed by atoms with Gasteiger partial charge in [0.25, 0.3) is 0 Å². The molecule has 0 radical (unpaired) electrons. The molecule has 4 nitrogen and oxygen atoms in total. The molecule has 2 heterocycles. The molecular weight excluding hydrogens is 387 g/mol. The highest BCUT2D eigenvalue weighted by molar-refractivity contribution is 5.49. The fraction of sp³-hybridized carbons (Fsp3) is 0.538. The van der Waals surface area contributed by atoms with Crippen molar-refractivity contribution in [1.82, 2.24) is 14.7 Å². The quantitative estimate of drug-likeness (QED) is 0.746. The number of halogens is 1. The van der Waals surface area contributed by atoms with Gasteiger partial charge in [0, 0.05) is 68.5 Å². The van der Waals surface area contributed by atoms with Crippen LogP contribution in [-0.4, -0.2) is 81.2 Å². The third-order valence-electron chi connectivity index (χ3n) is 7.77. The number of fused-ring (bicyclic) bond motifs is 1. The number of piperazine rings is 1. The lowest BCUT2D eigenvalue weighted by Gasteiger charge is -2.34. The zero-order valence-corrected chi connectivity index (χ0v) is 19.1. The standard InChI is InChI=1S/C26H35FN4/c1-28(2)25-18-31(24-12-9-20-5-4-6-23(27)26(20)24)17-22(25)19-7-10-21(11-8-19)30-15-13-29(3)14-16-30/h4-8,10-11,22,24-25H,9,12-18H2,1-3H3/t22-,24?,25+/m1/s1. The summed E-state index contributed by atoms with van der Waals surface area (Å²) in [7, 11) is 6.56. The van der Waals surface area contributed by atoms with Crippen molar-refractivity contribution in [3.8, 4) is 0 Å². The number of hydrogen-bond donors (Lipinski definition) is 0. The van der Waals surface area contributed by atoms with Gasteiger partial charge in [-0.3, -0.25) is 4.90 Å². The maximum atomic E-state index is 14.7. The minimum absolute atomic E-state index is 0.0265. The molecule has 0 aromatic heterocycles. The van der Waals surface area contributed by atoms with E-state index in [4.69, 9.17) is 0 Å². The number of likely N-dealkylation sites (tertiary alicyclic amines) is 1. The number of aryl methyl sites for hydroxylation is 1. The van der Waals surface area contributed by atoms with Crippen molar-refractivity contribution in [2.75, 3.05) is 65.3 Å². The van der Waals surface area contributed by atoms with Gasteiger partial charge in [-0.1, -0.05) is 24.3 Å². The number of benzene rings is 2. The minimum Gasteiger partial charge on any atom is -0.369 e. The van der Waals surface area contributed by atoms with Crippen molar-refractivity contribution >= 4 is 5.69 Å². The highest BCUT2D eigenvalue weighted by atomic mass is 19.1. The van der Waals surface area contributed by atoms with E-state index in [1.807, 2.05) is 6.07 Å². The summed E-state index contributed by atoms with van der Waals surface area (Å²) >= 11 is 0. The molecule has 1 aliphatic carbocycles. The van der Waals surface area contributed by atoms with Crippen LogP contribution < -0.4 is 4.90 Å². The Bertz CT molecular complexity index is 904. The molecule has 2 saturated heterocycles. The van der Waals surface area contributed by atoms with Crippen LogP contribution in [0.5, 0.6) is 0 Å². The Morgan fingerprint density at radius 2 is 1.68 bits per heavy atom. The van der Waals surface area contributed by atoms with Gasteiger partial charge in [0.05, 0.1) is 0 Å². The molecule has 2 fully saturated rings. The summed E-state index contributed by atoms with van der Waals surface area (Å²) in [5, 5.41) is 0. The highest BCUT2D eigenvalue weighted by Gasteiger charge is 2.41. The summed E-state index contributed by atoms with van der Waals surface area (Å²) in [5.74, 6) is 0.425. The lowest BCUT2D eigenvalue weighted by atomic mass is 9.93. The summed E-state index contributed by atoms with van der Waals surface area (Å²) in [5.41, 5.74) is 4.89. The molecule has 5 heteroatoms. The number of hydrogen-bond acceptors (Lipinski definition) is 4. The summed E-state index contributed by atoms with van der Waals surface area (Å²) in [6.07, 6.45) is 2.02. The number of rotatable bonds is 4. The first-order valence-electron chi connectivity index (χ1n) is 11.7. The Morgan fingerprint density at radius 3 is 2.39 bits per heavy atom. The van der Waals surface area contributed by atoms with E-state index in [2.05, 4.69) is 71.1 Å². The van der Waals surface area contributed by atoms with Crippen LogP contribution in [0.2, 0.25) is 0 Å². The van der Waals surface area contributed by atoms with E-state index in [9.17, 15) is 4.39 Å². The molecular formula is C26H35FN4. The molecule has 0 bridgehead atoms. The van der Waals surface area contributed by atoms with Gasteiger partial charge < -0.3 is 14.7 Å². The Labute approximate surface area is 186 Å². The molecule has 5 rings (SSSR count). The van der Waals surface area contributed by atoms with Crippen molar-refractivity contribution in [2.45, 2.75) is 30.8 Å². The van der Waals surface area contributed by atoms with Crippen molar-refractivity contribution < 1.29 is 4.39 Å². The van der Waals surface area contributed by atoms with Gasteiger partial charge in [-0.15, -0.1) is 0 Å². The second-order valence-electron chi connectivity index (χ2n) is 9.84. The predicted octanol–water partition coefficient (Wildman–Crippen LogP) is 3.59. The van der Waals surface area contributed by atoms with E-state index in [-0.39, 0.29) is 11.9 Å². The monoisotopic (exact) mass is 422 g/mol. The molecule has 3 atom stereocenters. The summed E-state index contributed by atoms with van der Waals surface area (Å²) in [6.45, 7) is 6.44. The van der Waals surface area contributed by atoms with Gasteiger partial charge in [-0.25, -0.2) is 4.39 Å². The molecule has 2 aromatic carbocycles. The maximum absolute atomic E-state index is 14.7. The Kier molecular flexibility index (Phi) is 5.76. The van der Waals surface area contributed by atoms with E-state index in [1.54, 1.807) is 6.07 Å². The van der Waals surface area contributed by atoms with Crippen LogP contribution in [0.3, 0.4) is 0 Å². The third-order valence-corrected chi connectivity index (χ3v) is 7.77. The van der Waals surface area contributed by atoms with Gasteiger partial charge in [-0.2, -0.15) is 0 Å². The van der Waals surface area contributed by atoms with E-state index in [0.29, 0.717) is 12.0 Å². The first kappa shape index (κ1) is 20.9. The van der Waals surface area contributed by atoms with Gasteiger partial charge in [0.15, 0.2) is 0 Å². The lowest BCUT2D eigenvalue weighted by molar-refractivity contribution is 0.213. The molecule has 0 amide bonds. The van der Waals surface area contributed by atoms with Gasteiger partial charge in [0.2, 0.25) is 0 Å². The van der Waals surface area contributed by atoms with Crippen molar-refractivity contribution in [3.05, 3.63) is 65.0 Å². The summed E-state index contributed by atoms with van der Waals surface area (Å²) in [6, 6.07) is 15.5. The molecule has 2 aliphatic heterocycles. The third kappa shape index (κ3) is 3.99. The molecule has 1 unspecified atom stereocenters. The molecule has 0 N–H and O–H groups in total. The average molecular weight is 423 g/mol. The molecule has 2 aromatic rings. The van der Waals surface area contributed by atoms with Gasteiger partial charge >= 0.3 is 0 Å². The van der Waals surface area contributed by atoms with E-state index < -0.39 is 0 Å². The fourth-order valence-corrected chi connectivity index (χ4v) is 5.89. The van der Waals surface area contributed by atoms with Crippen molar-refractivity contribution in [3.63, 3.8) is 0 Å². The first-order valence-corrected chi connectivity index (χ1v) is 11.7. The molecule has 3 aliphatic rings. The van der Waals surface area contributed by atoms with Crippen LogP contribution in [0, 0.1) is 5.82 Å². The Morgan fingerprint density at radius 1 is 0.935 bits per heavy atom. The average Bonchev–Trinajstić information content (AvgIpc) is 3.40. The number of likely N-dealkylation sites (N-methyl/N-ethyl adjacent to an activating group) is 2. The van der Waals surface area contributed by atoms with E-state index >= 15 is 0 Å². The van der Waals surface area contributed by atoms with Crippen LogP contribution in [0.15, 0.2) is 42.5 Å². The zero-order chi connectivity index (χ0) is 21.5. The van der Waals surface area contributed by atoms with Crippen LogP contribution in [0.25, 0.3) is 0 Å². The SMILES string of the molecule is CN1CCN(c2ccc([C@H]3CN(C4CCc5cccc(F)c54)C[C@@H]3N(C)C)cc2)CC1. The van der Waals surface area contributed by atoms with Crippen LogP contribution in [0.4, 0.5) is 10.1 Å². The lowest BCUT2D eigenvalue weighted by Crippen LogP contribution is -2.44. The first-order chi connectivity index (χ1) is 15.0. The highest BCUT2D eigenvalue weighted by Crippen LogP contribution is 2.42.